The van der Waals surface area contributed by atoms with Gasteiger partial charge in [0.2, 0.25) is 0 Å². The van der Waals surface area contributed by atoms with Gasteiger partial charge >= 0.3 is 0 Å². The maximum atomic E-state index is 10.2. The summed E-state index contributed by atoms with van der Waals surface area (Å²) in [7, 11) is 0. The van der Waals surface area contributed by atoms with E-state index >= 15 is 0 Å². The first kappa shape index (κ1) is 10.8. The number of aliphatic hydroxyl groups excluding tert-OH is 1. The largest absolute Gasteiger partial charge is 0.392 e. The van der Waals surface area contributed by atoms with Gasteiger partial charge in [0.15, 0.2) is 0 Å². The van der Waals surface area contributed by atoms with Gasteiger partial charge in [0.25, 0.3) is 0 Å². The first-order valence-electron chi connectivity index (χ1n) is 6.52. The zero-order valence-corrected chi connectivity index (χ0v) is 9.97. The van der Waals surface area contributed by atoms with Gasteiger partial charge in [0.05, 0.1) is 6.10 Å². The van der Waals surface area contributed by atoms with Crippen molar-refractivity contribution in [1.29, 1.82) is 0 Å². The molecule has 1 saturated carbocycles. The molecule has 88 valence electrons. The average Bonchev–Trinajstić information content (AvgIpc) is 2.39. The second-order valence-corrected chi connectivity index (χ2v) is 5.03. The molecule has 1 aliphatic carbocycles. The van der Waals surface area contributed by atoms with Crippen LogP contribution in [0.2, 0.25) is 0 Å². The highest BCUT2D eigenvalue weighted by Crippen LogP contribution is 2.36. The molecule has 1 unspecified atom stereocenters. The summed E-state index contributed by atoms with van der Waals surface area (Å²) in [6.45, 7) is 0. The fraction of sp³-hybridized carbons (Fsp3) is 0.375. The third-order valence-corrected chi connectivity index (χ3v) is 3.95. The van der Waals surface area contributed by atoms with Gasteiger partial charge in [-0.15, -0.1) is 0 Å². The Morgan fingerprint density at radius 1 is 0.882 bits per heavy atom. The molecule has 1 aliphatic rings. The molecule has 0 heterocycles. The number of aliphatic hydroxyl groups is 1. The summed E-state index contributed by atoms with van der Waals surface area (Å²) >= 11 is 0. The van der Waals surface area contributed by atoms with Crippen LogP contribution >= 0.6 is 0 Å². The third-order valence-electron chi connectivity index (χ3n) is 3.95. The monoisotopic (exact) mass is 226 g/mol. The molecule has 1 heteroatoms. The molecule has 1 fully saturated rings. The van der Waals surface area contributed by atoms with E-state index in [1.165, 1.54) is 29.2 Å². The molecule has 17 heavy (non-hydrogen) atoms. The summed E-state index contributed by atoms with van der Waals surface area (Å²) in [6, 6.07) is 14.9. The van der Waals surface area contributed by atoms with Crippen LogP contribution in [0.3, 0.4) is 0 Å². The van der Waals surface area contributed by atoms with E-state index in [2.05, 4.69) is 42.5 Å². The van der Waals surface area contributed by atoms with Gasteiger partial charge in [0.1, 0.15) is 0 Å². The van der Waals surface area contributed by atoms with Crippen molar-refractivity contribution < 1.29 is 5.11 Å². The smallest absolute Gasteiger partial charge is 0.0608 e. The molecule has 0 saturated heterocycles. The Labute approximate surface area is 102 Å². The maximum Gasteiger partial charge on any atom is 0.0608 e. The van der Waals surface area contributed by atoms with Crippen molar-refractivity contribution in [2.24, 2.45) is 0 Å². The van der Waals surface area contributed by atoms with Crippen LogP contribution in [-0.2, 0) is 0 Å². The van der Waals surface area contributed by atoms with Crippen LogP contribution in [0.5, 0.6) is 0 Å². The fourth-order valence-corrected chi connectivity index (χ4v) is 3.05. The fourth-order valence-electron chi connectivity index (χ4n) is 3.05. The highest BCUT2D eigenvalue weighted by Gasteiger charge is 2.25. The zero-order chi connectivity index (χ0) is 11.7. The van der Waals surface area contributed by atoms with E-state index in [1.807, 2.05) is 0 Å². The topological polar surface area (TPSA) is 20.2 Å². The quantitative estimate of drug-likeness (QED) is 0.783. The minimum atomic E-state index is -0.158. The number of rotatable bonds is 1. The van der Waals surface area contributed by atoms with Crippen molar-refractivity contribution in [3.63, 3.8) is 0 Å². The van der Waals surface area contributed by atoms with Crippen LogP contribution in [0.4, 0.5) is 0 Å². The molecule has 0 spiro atoms. The second kappa shape index (κ2) is 4.50. The van der Waals surface area contributed by atoms with Crippen molar-refractivity contribution in [2.45, 2.75) is 37.7 Å². The van der Waals surface area contributed by atoms with E-state index < -0.39 is 0 Å². The van der Waals surface area contributed by atoms with Gasteiger partial charge < -0.3 is 5.11 Å². The van der Waals surface area contributed by atoms with E-state index in [-0.39, 0.29) is 6.10 Å². The van der Waals surface area contributed by atoms with Gasteiger partial charge in [0, 0.05) is 5.92 Å². The Morgan fingerprint density at radius 2 is 1.65 bits per heavy atom. The van der Waals surface area contributed by atoms with Crippen molar-refractivity contribution in [2.75, 3.05) is 0 Å². The molecular formula is C16H18O. The van der Waals surface area contributed by atoms with Crippen LogP contribution < -0.4 is 0 Å². The van der Waals surface area contributed by atoms with E-state index in [0.29, 0.717) is 5.92 Å². The van der Waals surface area contributed by atoms with Crippen molar-refractivity contribution in [3.8, 4) is 0 Å². The van der Waals surface area contributed by atoms with Gasteiger partial charge in [-0.2, -0.15) is 0 Å². The van der Waals surface area contributed by atoms with Crippen LogP contribution in [0.1, 0.15) is 37.2 Å². The second-order valence-electron chi connectivity index (χ2n) is 5.03. The first-order valence-corrected chi connectivity index (χ1v) is 6.52. The molecule has 0 aliphatic heterocycles. The lowest BCUT2D eigenvalue weighted by Gasteiger charge is -2.28. The Hall–Kier alpha value is -1.34. The van der Waals surface area contributed by atoms with E-state index in [4.69, 9.17) is 0 Å². The summed E-state index contributed by atoms with van der Waals surface area (Å²) in [4.78, 5) is 0. The molecule has 0 aromatic heterocycles. The number of hydrogen-bond donors (Lipinski definition) is 1. The van der Waals surface area contributed by atoms with E-state index in [0.717, 1.165) is 12.8 Å². The van der Waals surface area contributed by atoms with Crippen molar-refractivity contribution in [3.05, 3.63) is 48.0 Å². The Kier molecular flexibility index (Phi) is 2.86. The molecule has 2 aromatic rings. The summed E-state index contributed by atoms with van der Waals surface area (Å²) in [5.74, 6) is 0.329. The molecule has 1 N–H and O–H groups in total. The van der Waals surface area contributed by atoms with E-state index in [9.17, 15) is 5.11 Å². The van der Waals surface area contributed by atoms with Crippen LogP contribution in [-0.4, -0.2) is 11.2 Å². The molecule has 1 nitrogen and oxygen atoms in total. The van der Waals surface area contributed by atoms with Gasteiger partial charge in [-0.25, -0.2) is 0 Å². The molecule has 0 amide bonds. The molecular weight excluding hydrogens is 208 g/mol. The molecule has 2 atom stereocenters. The standard InChI is InChI=1S/C16H18O/c17-16-11-4-3-9-15(16)14-10-5-7-12-6-1-2-8-13(12)14/h1-2,5-8,10,15-17H,3-4,9,11H2/t15?,16-/m0/s1. The van der Waals surface area contributed by atoms with Gasteiger partial charge in [-0.05, 0) is 29.2 Å². The summed E-state index contributed by atoms with van der Waals surface area (Å²) in [5, 5.41) is 12.8. The van der Waals surface area contributed by atoms with Crippen molar-refractivity contribution >= 4 is 10.8 Å². The molecule has 3 rings (SSSR count). The number of benzene rings is 2. The lowest BCUT2D eigenvalue weighted by Crippen LogP contribution is -2.22. The van der Waals surface area contributed by atoms with Crippen LogP contribution in [0.25, 0.3) is 10.8 Å². The van der Waals surface area contributed by atoms with Crippen LogP contribution in [0, 0.1) is 0 Å². The summed E-state index contributed by atoms with van der Waals surface area (Å²) in [5.41, 5.74) is 1.33. The minimum Gasteiger partial charge on any atom is -0.392 e. The van der Waals surface area contributed by atoms with Crippen molar-refractivity contribution in [1.82, 2.24) is 0 Å². The number of hydrogen-bond acceptors (Lipinski definition) is 1. The summed E-state index contributed by atoms with van der Waals surface area (Å²) in [6.07, 6.45) is 4.32. The Bertz CT molecular complexity index is 512. The SMILES string of the molecule is O[C@H]1CCCCC1c1cccc2ccccc12. The molecule has 2 aromatic carbocycles. The number of fused-ring (bicyclic) bond motifs is 1. The normalized spacial score (nSPS) is 25.0. The van der Waals surface area contributed by atoms with Gasteiger partial charge in [-0.1, -0.05) is 55.3 Å². The maximum absolute atomic E-state index is 10.2. The Morgan fingerprint density at radius 3 is 2.53 bits per heavy atom. The average molecular weight is 226 g/mol. The predicted molar refractivity (Wildman–Crippen MR) is 71.2 cm³/mol. The van der Waals surface area contributed by atoms with Gasteiger partial charge in [-0.3, -0.25) is 0 Å². The first-order chi connectivity index (χ1) is 8.36. The minimum absolute atomic E-state index is 0.158. The zero-order valence-electron chi connectivity index (χ0n) is 9.97. The molecule has 0 radical (unpaired) electrons. The van der Waals surface area contributed by atoms with Crippen LogP contribution in [0.15, 0.2) is 42.5 Å². The Balaban J connectivity index is 2.10. The predicted octanol–water partition coefficient (Wildman–Crippen LogP) is 3.86. The third kappa shape index (κ3) is 1.96. The lowest BCUT2D eigenvalue weighted by molar-refractivity contribution is 0.107. The summed E-state index contributed by atoms with van der Waals surface area (Å²) < 4.78 is 0. The lowest BCUT2D eigenvalue weighted by atomic mass is 9.80. The highest BCUT2D eigenvalue weighted by atomic mass is 16.3. The molecule has 0 bridgehead atoms. The van der Waals surface area contributed by atoms with E-state index in [1.54, 1.807) is 0 Å². The highest BCUT2D eigenvalue weighted by molar-refractivity contribution is 5.86.